The van der Waals surface area contributed by atoms with Gasteiger partial charge in [0.15, 0.2) is 34.5 Å². The standard InChI is InChI=1S/C19H26N5O8PS.Na/c1-4-6-11(25)22-16-13-17(21-9-20-16)24(19(23-13)34-3)18-15(31-12(26)7-5-2)14-10(30-18)8-29-33(27,28)32-14;/h9-10,14-15,18H,4-8H2,1-3H3,(H,27,28)(H,20,21,22,25);/q;+1/p-1/t10-,14-,15-,18-;/m1./s1. The molecule has 0 aromatic carbocycles. The number of anilines is 1. The summed E-state index contributed by atoms with van der Waals surface area (Å²) in [5.41, 5.74) is 0.637. The molecular weight excluding hydrogens is 512 g/mol. The van der Waals surface area contributed by atoms with Crippen LogP contribution in [0.5, 0.6) is 0 Å². The van der Waals surface area contributed by atoms with Crippen LogP contribution in [0.2, 0.25) is 0 Å². The van der Waals surface area contributed by atoms with Crippen LogP contribution in [0.3, 0.4) is 0 Å². The van der Waals surface area contributed by atoms with Crippen molar-refractivity contribution < 1.29 is 67.1 Å². The van der Waals surface area contributed by atoms with Crippen LogP contribution in [0.15, 0.2) is 11.5 Å². The second-order valence-corrected chi connectivity index (χ2v) is 9.88. The number of carbonyl (C=O) groups is 2. The van der Waals surface area contributed by atoms with Crippen molar-refractivity contribution in [3.8, 4) is 0 Å². The van der Waals surface area contributed by atoms with Crippen LogP contribution in [0.1, 0.15) is 45.8 Å². The van der Waals surface area contributed by atoms with Crippen LogP contribution in [0.4, 0.5) is 5.82 Å². The minimum Gasteiger partial charge on any atom is -0.756 e. The van der Waals surface area contributed by atoms with Crippen molar-refractivity contribution in [3.63, 3.8) is 0 Å². The van der Waals surface area contributed by atoms with Crippen LogP contribution in [0.25, 0.3) is 11.2 Å². The molecule has 2 saturated heterocycles. The predicted octanol–water partition coefficient (Wildman–Crippen LogP) is -1.22. The van der Waals surface area contributed by atoms with E-state index in [2.05, 4.69) is 20.3 Å². The zero-order valence-corrected chi connectivity index (χ0v) is 23.5. The summed E-state index contributed by atoms with van der Waals surface area (Å²) in [6.45, 7) is 3.43. The number of imidazole rings is 1. The number of esters is 1. The fourth-order valence-corrected chi connectivity index (χ4v) is 5.35. The van der Waals surface area contributed by atoms with Gasteiger partial charge < -0.3 is 28.7 Å². The molecule has 35 heavy (non-hydrogen) atoms. The second kappa shape index (κ2) is 12.0. The molecule has 13 nitrogen and oxygen atoms in total. The summed E-state index contributed by atoms with van der Waals surface area (Å²) in [7, 11) is -4.58. The molecule has 0 radical (unpaired) electrons. The van der Waals surface area contributed by atoms with Gasteiger partial charge in [0.05, 0.1) is 6.61 Å². The topological polar surface area (TPSA) is 167 Å². The van der Waals surface area contributed by atoms with Crippen LogP contribution < -0.4 is 39.8 Å². The molecule has 1 amide bonds. The Labute approximate surface area is 227 Å². The molecular formula is C19H25N5NaO8PS. The largest absolute Gasteiger partial charge is 1.00 e. The first kappa shape index (κ1) is 28.5. The summed E-state index contributed by atoms with van der Waals surface area (Å²) < 4.78 is 35.2. The normalized spacial score (nSPS) is 27.8. The number of phosphoric ester groups is 1. The Balaban J connectivity index is 0.00000342. The average molecular weight is 537 g/mol. The fraction of sp³-hybridized carbons (Fsp3) is 0.632. The molecule has 4 heterocycles. The zero-order chi connectivity index (χ0) is 24.5. The smallest absolute Gasteiger partial charge is 0.756 e. The molecule has 2 aromatic rings. The Morgan fingerprint density at radius 1 is 1.31 bits per heavy atom. The van der Waals surface area contributed by atoms with Crippen LogP contribution in [0, 0.1) is 0 Å². The monoisotopic (exact) mass is 537 g/mol. The summed E-state index contributed by atoms with van der Waals surface area (Å²) >= 11 is 1.27. The molecule has 0 spiro atoms. The molecule has 1 unspecified atom stereocenters. The van der Waals surface area contributed by atoms with Crippen molar-refractivity contribution in [1.29, 1.82) is 0 Å². The van der Waals surface area contributed by atoms with E-state index < -0.39 is 38.3 Å². The van der Waals surface area contributed by atoms with E-state index in [-0.39, 0.29) is 54.3 Å². The number of rotatable bonds is 8. The van der Waals surface area contributed by atoms with E-state index in [0.717, 1.165) is 0 Å². The summed E-state index contributed by atoms with van der Waals surface area (Å²) in [5, 5.41) is 3.18. The molecule has 16 heteroatoms. The van der Waals surface area contributed by atoms with Crippen molar-refractivity contribution in [2.75, 3.05) is 18.2 Å². The quantitative estimate of drug-likeness (QED) is 0.185. The van der Waals surface area contributed by atoms with E-state index in [1.165, 1.54) is 18.1 Å². The van der Waals surface area contributed by atoms with Gasteiger partial charge in [-0.2, -0.15) is 0 Å². The first-order chi connectivity index (χ1) is 16.3. The van der Waals surface area contributed by atoms with Gasteiger partial charge in [-0.3, -0.25) is 18.7 Å². The minimum absolute atomic E-state index is 0. The molecule has 4 rings (SSSR count). The first-order valence-electron chi connectivity index (χ1n) is 10.8. The van der Waals surface area contributed by atoms with Gasteiger partial charge in [0.2, 0.25) is 5.91 Å². The molecule has 5 atom stereocenters. The van der Waals surface area contributed by atoms with E-state index in [4.69, 9.17) is 18.5 Å². The molecule has 2 aromatic heterocycles. The van der Waals surface area contributed by atoms with Crippen molar-refractivity contribution in [2.45, 2.75) is 69.2 Å². The summed E-state index contributed by atoms with van der Waals surface area (Å²) in [4.78, 5) is 49.6. The zero-order valence-electron chi connectivity index (χ0n) is 19.8. The fourth-order valence-electron chi connectivity index (χ4n) is 3.84. The number of aromatic nitrogens is 4. The second-order valence-electron chi connectivity index (χ2n) is 7.74. The minimum atomic E-state index is -4.58. The predicted molar refractivity (Wildman–Crippen MR) is 118 cm³/mol. The Morgan fingerprint density at radius 2 is 2.06 bits per heavy atom. The van der Waals surface area contributed by atoms with Gasteiger partial charge in [0, 0.05) is 12.8 Å². The number of amides is 1. The number of fused-ring (bicyclic) bond motifs is 2. The van der Waals surface area contributed by atoms with Crippen LogP contribution in [-0.4, -0.2) is 62.6 Å². The Morgan fingerprint density at radius 3 is 2.74 bits per heavy atom. The molecule has 2 fully saturated rings. The van der Waals surface area contributed by atoms with Gasteiger partial charge in [0.25, 0.3) is 7.82 Å². The van der Waals surface area contributed by atoms with Gasteiger partial charge in [0.1, 0.15) is 18.5 Å². The number of nitrogens with zero attached hydrogens (tertiary/aromatic N) is 4. The van der Waals surface area contributed by atoms with Crippen LogP contribution >= 0.6 is 19.6 Å². The van der Waals surface area contributed by atoms with Crippen LogP contribution in [-0.2, 0) is 32.7 Å². The van der Waals surface area contributed by atoms with Crippen molar-refractivity contribution in [3.05, 3.63) is 6.33 Å². The number of phosphoric acid groups is 1. The molecule has 0 bridgehead atoms. The maximum Gasteiger partial charge on any atom is 1.00 e. The number of hydrogen-bond donors (Lipinski definition) is 1. The summed E-state index contributed by atoms with van der Waals surface area (Å²) in [6.07, 6.45) is 0.724. The first-order valence-corrected chi connectivity index (χ1v) is 13.5. The van der Waals surface area contributed by atoms with E-state index in [1.54, 1.807) is 10.8 Å². The number of carbonyl (C=O) groups excluding carboxylic acids is 2. The van der Waals surface area contributed by atoms with E-state index in [0.29, 0.717) is 35.6 Å². The van der Waals surface area contributed by atoms with Gasteiger partial charge in [-0.05, 0) is 19.1 Å². The van der Waals surface area contributed by atoms with Gasteiger partial charge in [-0.25, -0.2) is 15.0 Å². The van der Waals surface area contributed by atoms with Gasteiger partial charge in [-0.15, -0.1) is 0 Å². The maximum atomic E-state index is 12.4. The van der Waals surface area contributed by atoms with Gasteiger partial charge in [-0.1, -0.05) is 25.6 Å². The SMILES string of the molecule is CCCC(=O)Nc1ncnc2c1nc(SC)n2[C@@H]1O[C@@H]2COP(=O)([O-])O[C@H]2[C@H]1OC(=O)CCC.[Na+]. The molecule has 0 saturated carbocycles. The van der Waals surface area contributed by atoms with Crippen molar-refractivity contribution in [2.24, 2.45) is 0 Å². The Hall–Kier alpha value is -1.09. The summed E-state index contributed by atoms with van der Waals surface area (Å²) in [5.74, 6) is -0.500. The molecule has 1 N–H and O–H groups in total. The van der Waals surface area contributed by atoms with E-state index in [9.17, 15) is 19.0 Å². The third-order valence-corrected chi connectivity index (χ3v) is 6.89. The maximum absolute atomic E-state index is 12.4. The number of ether oxygens (including phenoxy) is 2. The Bertz CT molecular complexity index is 1140. The third-order valence-electron chi connectivity index (χ3n) is 5.27. The van der Waals surface area contributed by atoms with Gasteiger partial charge >= 0.3 is 35.5 Å². The number of nitrogens with one attached hydrogen (secondary N) is 1. The average Bonchev–Trinajstić information content (AvgIpc) is 3.32. The van der Waals surface area contributed by atoms with E-state index in [1.807, 2.05) is 13.8 Å². The molecule has 2 aliphatic rings. The third kappa shape index (κ3) is 6.08. The van der Waals surface area contributed by atoms with E-state index >= 15 is 0 Å². The molecule has 2 aliphatic heterocycles. The molecule has 186 valence electrons. The van der Waals surface area contributed by atoms with Crippen molar-refractivity contribution in [1.82, 2.24) is 19.5 Å². The molecule has 0 aliphatic carbocycles. The number of hydrogen-bond acceptors (Lipinski definition) is 12. The van der Waals surface area contributed by atoms with Crippen molar-refractivity contribution >= 4 is 48.4 Å². The number of thioether (sulfide) groups is 1. The summed E-state index contributed by atoms with van der Waals surface area (Å²) in [6, 6.07) is 0. The Kier molecular flexibility index (Phi) is 9.74.